The van der Waals surface area contributed by atoms with Crippen molar-refractivity contribution >= 4 is 86.5 Å². The van der Waals surface area contributed by atoms with Gasteiger partial charge in [0.2, 0.25) is 0 Å². The lowest BCUT2D eigenvalue weighted by atomic mass is 9.66. The molecule has 0 bridgehead atoms. The van der Waals surface area contributed by atoms with E-state index in [1.165, 1.54) is 127 Å². The average Bonchev–Trinajstić information content (AvgIpc) is 1.51. The summed E-state index contributed by atoms with van der Waals surface area (Å²) >= 11 is 7.53. The van der Waals surface area contributed by atoms with E-state index in [9.17, 15) is 0 Å². The topological polar surface area (TPSA) is 51.6 Å². The van der Waals surface area contributed by atoms with Gasteiger partial charge in [0.1, 0.15) is 0 Å². The van der Waals surface area contributed by atoms with Gasteiger partial charge in [0.05, 0.1) is 33.6 Å². The highest BCUT2D eigenvalue weighted by molar-refractivity contribution is 8.00. The molecule has 0 saturated carbocycles. The highest BCUT2D eigenvalue weighted by Gasteiger charge is 2.53. The van der Waals surface area contributed by atoms with Crippen molar-refractivity contribution in [2.75, 3.05) is 0 Å². The molecule has 0 amide bonds. The maximum atomic E-state index is 5.83. The molecule has 2 aliphatic carbocycles. The van der Waals surface area contributed by atoms with Gasteiger partial charge in [0.15, 0.2) is 11.6 Å². The van der Waals surface area contributed by atoms with Crippen molar-refractivity contribution in [3.63, 3.8) is 0 Å². The maximum Gasteiger partial charge on any atom is 0.160 e. The van der Waals surface area contributed by atoms with Crippen LogP contribution in [0.4, 0.5) is 0 Å². The summed E-state index contributed by atoms with van der Waals surface area (Å²) in [4.78, 5) is 26.9. The monoisotopic (exact) mass is 1440 g/mol. The van der Waals surface area contributed by atoms with E-state index in [-0.39, 0.29) is 0 Å². The van der Waals surface area contributed by atoms with Crippen molar-refractivity contribution in [3.05, 3.63) is 396 Å². The first-order valence-electron chi connectivity index (χ1n) is 36.6. The van der Waals surface area contributed by atoms with E-state index in [1.54, 1.807) is 0 Å². The molecule has 19 aromatic rings. The van der Waals surface area contributed by atoms with Gasteiger partial charge in [-0.15, -0.1) is 22.7 Å². The largest absolute Gasteiger partial charge is 0.228 e. The van der Waals surface area contributed by atoms with Crippen LogP contribution in [0.5, 0.6) is 0 Å². The van der Waals surface area contributed by atoms with Crippen LogP contribution < -0.4 is 0 Å². The fourth-order valence-corrected chi connectivity index (χ4v) is 23.0. The van der Waals surface area contributed by atoms with Crippen molar-refractivity contribution in [2.24, 2.45) is 0 Å². The number of rotatable bonds is 8. The van der Waals surface area contributed by atoms with E-state index in [1.807, 2.05) is 70.5 Å². The van der Waals surface area contributed by atoms with Crippen LogP contribution in [0.15, 0.2) is 371 Å². The molecule has 0 radical (unpaired) electrons. The molecule has 108 heavy (non-hydrogen) atoms. The zero-order chi connectivity index (χ0) is 70.8. The van der Waals surface area contributed by atoms with Crippen molar-refractivity contribution in [2.45, 2.75) is 30.4 Å². The van der Waals surface area contributed by atoms with E-state index < -0.39 is 10.8 Å². The van der Waals surface area contributed by atoms with Crippen molar-refractivity contribution in [3.8, 4) is 112 Å². The maximum absolute atomic E-state index is 5.83. The molecule has 6 heterocycles. The second-order valence-corrected chi connectivity index (χ2v) is 32.8. The minimum Gasteiger partial charge on any atom is -0.228 e. The molecule has 0 N–H and O–H groups in total. The normalized spacial score (nSPS) is 14.5. The fraction of sp³-hybridized carbons (Fsp3) is 0.0200. The van der Waals surface area contributed by atoms with Gasteiger partial charge in [-0.05, 0) is 174 Å². The molecule has 23 rings (SSSR count). The summed E-state index contributed by atoms with van der Waals surface area (Å²) in [5.41, 5.74) is 28.1. The number of nitrogens with zero attached hydrogens (tertiary/aromatic N) is 4. The fourth-order valence-electron chi connectivity index (χ4n) is 18.2. The van der Waals surface area contributed by atoms with Crippen LogP contribution in [-0.2, 0) is 10.8 Å². The summed E-state index contributed by atoms with van der Waals surface area (Å²) in [5, 5.41) is 5.15. The summed E-state index contributed by atoms with van der Waals surface area (Å²) in [6.45, 7) is 0. The zero-order valence-corrected chi connectivity index (χ0v) is 61.2. The van der Waals surface area contributed by atoms with Gasteiger partial charge in [0.25, 0.3) is 0 Å². The van der Waals surface area contributed by atoms with Crippen LogP contribution in [0.25, 0.3) is 153 Å². The van der Waals surface area contributed by atoms with Crippen LogP contribution in [-0.4, -0.2) is 19.9 Å². The quantitative estimate of drug-likeness (QED) is 0.151. The lowest BCUT2D eigenvalue weighted by Crippen LogP contribution is -2.32. The summed E-state index contributed by atoms with van der Waals surface area (Å²) < 4.78 is 5.14. The molecule has 8 heteroatoms. The van der Waals surface area contributed by atoms with Crippen molar-refractivity contribution in [1.29, 1.82) is 0 Å². The Hall–Kier alpha value is -12.4. The number of fused-ring (bicyclic) bond motifs is 24. The van der Waals surface area contributed by atoms with Gasteiger partial charge in [-0.3, -0.25) is 0 Å². The lowest BCUT2D eigenvalue weighted by Gasteiger charge is -2.40. The van der Waals surface area contributed by atoms with E-state index in [2.05, 4.69) is 328 Å². The van der Waals surface area contributed by atoms with Crippen LogP contribution in [0, 0.1) is 0 Å². The second kappa shape index (κ2) is 24.1. The first kappa shape index (κ1) is 61.9. The number of hydrogen-bond acceptors (Lipinski definition) is 8. The van der Waals surface area contributed by atoms with E-state index in [0.29, 0.717) is 11.6 Å². The molecule has 4 aromatic heterocycles. The average molecular weight is 1440 g/mol. The Morgan fingerprint density at radius 2 is 0.630 bits per heavy atom. The SMILES string of the molecule is c1ccc(-c2cc(-c3cccc(-c4ccc5c(c4)-c4cc6sc7ccccc7c6cc4C54c5ccccc5Sc5c(-c6cccc(-c7nc(-c8ccccc8)cc(-c8cccc9c8-c8cc%10sc%11ccccc%11c%10cc8C98c9ccccc9Sc9ccccc98)n7)c6)cccc54)c3)nc(-c3ccccc3)n2)cc1. The first-order valence-corrected chi connectivity index (χ1v) is 39.9. The van der Waals surface area contributed by atoms with Crippen LogP contribution in [0.2, 0.25) is 0 Å². The number of hydrogen-bond donors (Lipinski definition) is 0. The Kier molecular flexibility index (Phi) is 13.8. The Labute approximate surface area is 640 Å². The van der Waals surface area contributed by atoms with Crippen molar-refractivity contribution < 1.29 is 0 Å². The Morgan fingerprint density at radius 3 is 1.28 bits per heavy atom. The summed E-state index contributed by atoms with van der Waals surface area (Å²) in [5.74, 6) is 1.36. The Bertz CT molecular complexity index is 6920. The smallest absolute Gasteiger partial charge is 0.160 e. The predicted octanol–water partition coefficient (Wildman–Crippen LogP) is 27.0. The third-order valence-electron chi connectivity index (χ3n) is 22.8. The molecular weight excluding hydrogens is 1390 g/mol. The molecule has 502 valence electrons. The van der Waals surface area contributed by atoms with Gasteiger partial charge < -0.3 is 0 Å². The molecule has 4 aliphatic rings. The minimum absolute atomic E-state index is 0.597. The molecule has 4 nitrogen and oxygen atoms in total. The van der Waals surface area contributed by atoms with Gasteiger partial charge in [-0.1, -0.05) is 290 Å². The molecule has 2 spiro atoms. The molecule has 2 aliphatic heterocycles. The highest BCUT2D eigenvalue weighted by atomic mass is 32.2. The van der Waals surface area contributed by atoms with Crippen molar-refractivity contribution in [1.82, 2.24) is 19.9 Å². The van der Waals surface area contributed by atoms with E-state index >= 15 is 0 Å². The van der Waals surface area contributed by atoms with E-state index in [0.717, 1.165) is 78.4 Å². The number of thiophene rings is 2. The molecular formula is C100H58N4S4. The van der Waals surface area contributed by atoms with E-state index in [4.69, 9.17) is 19.9 Å². The third kappa shape index (κ3) is 9.19. The third-order valence-corrected chi connectivity index (χ3v) is 27.5. The lowest BCUT2D eigenvalue weighted by molar-refractivity contribution is 0.723. The highest BCUT2D eigenvalue weighted by Crippen LogP contribution is 2.67. The van der Waals surface area contributed by atoms with Crippen LogP contribution >= 0.6 is 46.2 Å². The molecule has 0 saturated heterocycles. The van der Waals surface area contributed by atoms with Gasteiger partial charge >= 0.3 is 0 Å². The predicted molar refractivity (Wildman–Crippen MR) is 450 cm³/mol. The molecule has 0 fully saturated rings. The number of aromatic nitrogens is 4. The summed E-state index contributed by atoms with van der Waals surface area (Å²) in [6, 6.07) is 130. The standard InChI is InChI=1S/C100H58N4S4/c1-4-24-59(25-5-1)84-57-86(103-97(101-84)61-28-8-3-9-29-61)65-32-20-30-62(50-65)63-48-49-76-71(52-63)72-55-93-73(68-34-10-15-43-88(68)105-93)53-82(72)99(76)79-40-14-19-47-92(79)108-96-67(36-22-42-81(96)99)64-31-21-33-66(51-64)98-102-85(60-26-6-2-7-27-60)58-87(104-98)70-37-23-41-80-95(70)75-56-94-74(69-35-11-16-44-89(69)106-94)54-83(75)100(80)77-38-12-17-45-90(77)107-91-46-18-13-39-78(91)100/h1-58H. The summed E-state index contributed by atoms with van der Waals surface area (Å²) in [6.07, 6.45) is 0. The second-order valence-electron chi connectivity index (χ2n) is 28.5. The Morgan fingerprint density at radius 1 is 0.204 bits per heavy atom. The number of benzene rings is 15. The summed E-state index contributed by atoms with van der Waals surface area (Å²) in [7, 11) is 0. The van der Waals surface area contributed by atoms with Crippen LogP contribution in [0.1, 0.15) is 44.5 Å². The minimum atomic E-state index is -0.686. The molecule has 1 atom stereocenters. The van der Waals surface area contributed by atoms with Gasteiger partial charge in [-0.25, -0.2) is 19.9 Å². The first-order chi connectivity index (χ1) is 53.5. The van der Waals surface area contributed by atoms with Gasteiger partial charge in [-0.2, -0.15) is 0 Å². The van der Waals surface area contributed by atoms with Gasteiger partial charge in [0, 0.05) is 93.3 Å². The molecule has 15 aromatic carbocycles. The Balaban J connectivity index is 0.697. The zero-order valence-electron chi connectivity index (χ0n) is 57.9. The molecule has 1 unspecified atom stereocenters. The van der Waals surface area contributed by atoms with Crippen LogP contribution in [0.3, 0.4) is 0 Å².